The van der Waals surface area contributed by atoms with Gasteiger partial charge in [-0.15, -0.1) is 0 Å². The van der Waals surface area contributed by atoms with E-state index < -0.39 is 0 Å². The van der Waals surface area contributed by atoms with E-state index in [1.54, 1.807) is 7.11 Å². The molecule has 1 rings (SSSR count). The smallest absolute Gasteiger partial charge is 0.0732 e. The number of ether oxygens (including phenoxy) is 3. The maximum Gasteiger partial charge on any atom is 0.0732 e. The standard InChI is InChI=1S/C17H35NO3/c1-6-18-15-8-7-14(17(2,3)4)13-16(15)21-12-11-20-10-9-19-5/h14-16,18H,6-13H2,1-5H3. The molecule has 0 spiro atoms. The predicted octanol–water partition coefficient (Wildman–Crippen LogP) is 2.86. The quantitative estimate of drug-likeness (QED) is 0.665. The minimum Gasteiger partial charge on any atom is -0.382 e. The Hall–Kier alpha value is -0.160. The molecule has 21 heavy (non-hydrogen) atoms. The van der Waals surface area contributed by atoms with Crippen molar-refractivity contribution < 1.29 is 14.2 Å². The number of hydrogen-bond acceptors (Lipinski definition) is 4. The fourth-order valence-electron chi connectivity index (χ4n) is 3.10. The summed E-state index contributed by atoms with van der Waals surface area (Å²) >= 11 is 0. The highest BCUT2D eigenvalue weighted by atomic mass is 16.5. The number of rotatable bonds is 9. The number of hydrogen-bond donors (Lipinski definition) is 1. The van der Waals surface area contributed by atoms with Crippen LogP contribution in [-0.2, 0) is 14.2 Å². The molecule has 0 bridgehead atoms. The van der Waals surface area contributed by atoms with E-state index in [0.29, 0.717) is 44.0 Å². The first-order valence-corrected chi connectivity index (χ1v) is 8.40. The summed E-state index contributed by atoms with van der Waals surface area (Å²) in [7, 11) is 1.69. The lowest BCUT2D eigenvalue weighted by atomic mass is 9.70. The Balaban J connectivity index is 2.37. The molecule has 4 heteroatoms. The highest BCUT2D eigenvalue weighted by Gasteiger charge is 2.35. The van der Waals surface area contributed by atoms with Crippen molar-refractivity contribution in [1.29, 1.82) is 0 Å². The third-order valence-electron chi connectivity index (χ3n) is 4.47. The molecule has 126 valence electrons. The second-order valence-corrected chi connectivity index (χ2v) is 7.05. The lowest BCUT2D eigenvalue weighted by Gasteiger charge is -2.42. The molecule has 0 aromatic rings. The highest BCUT2D eigenvalue weighted by Crippen LogP contribution is 2.38. The van der Waals surface area contributed by atoms with Crippen molar-refractivity contribution in [2.45, 2.75) is 59.1 Å². The van der Waals surface area contributed by atoms with Gasteiger partial charge in [0.25, 0.3) is 0 Å². The summed E-state index contributed by atoms with van der Waals surface area (Å²) in [5, 5.41) is 3.58. The summed E-state index contributed by atoms with van der Waals surface area (Å²) in [4.78, 5) is 0. The summed E-state index contributed by atoms with van der Waals surface area (Å²) in [5.74, 6) is 0.742. The second kappa shape index (κ2) is 9.78. The first-order chi connectivity index (χ1) is 9.99. The van der Waals surface area contributed by atoms with Gasteiger partial charge in [0.15, 0.2) is 0 Å². The Kier molecular flexibility index (Phi) is 8.79. The Morgan fingerprint density at radius 1 is 1.05 bits per heavy atom. The molecule has 1 aliphatic rings. The Bertz CT molecular complexity index is 265. The zero-order valence-corrected chi connectivity index (χ0v) is 14.6. The zero-order chi connectivity index (χ0) is 15.7. The van der Waals surface area contributed by atoms with Crippen LogP contribution in [0.2, 0.25) is 0 Å². The average molecular weight is 301 g/mol. The second-order valence-electron chi connectivity index (χ2n) is 7.05. The third-order valence-corrected chi connectivity index (χ3v) is 4.47. The minimum atomic E-state index is 0.314. The van der Waals surface area contributed by atoms with Crippen LogP contribution in [-0.4, -0.2) is 52.2 Å². The molecule has 1 N–H and O–H groups in total. The van der Waals surface area contributed by atoms with Crippen LogP contribution in [0.1, 0.15) is 47.0 Å². The zero-order valence-electron chi connectivity index (χ0n) is 14.6. The van der Waals surface area contributed by atoms with Crippen molar-refractivity contribution >= 4 is 0 Å². The van der Waals surface area contributed by atoms with Gasteiger partial charge in [-0.2, -0.15) is 0 Å². The van der Waals surface area contributed by atoms with Crippen molar-refractivity contribution in [3.8, 4) is 0 Å². The number of likely N-dealkylation sites (N-methyl/N-ethyl adjacent to an activating group) is 1. The summed E-state index contributed by atoms with van der Waals surface area (Å²) in [6, 6.07) is 0.493. The van der Waals surface area contributed by atoms with Crippen LogP contribution in [0.5, 0.6) is 0 Å². The van der Waals surface area contributed by atoms with Gasteiger partial charge in [-0.25, -0.2) is 0 Å². The molecule has 0 aromatic carbocycles. The summed E-state index contributed by atoms with van der Waals surface area (Å²) < 4.78 is 16.6. The molecule has 0 amide bonds. The molecule has 0 aromatic heterocycles. The maximum absolute atomic E-state index is 6.13. The fourth-order valence-corrected chi connectivity index (χ4v) is 3.10. The van der Waals surface area contributed by atoms with Gasteiger partial charge in [0, 0.05) is 13.2 Å². The Labute approximate surface area is 130 Å². The van der Waals surface area contributed by atoms with Gasteiger partial charge in [0.1, 0.15) is 0 Å². The molecule has 0 aliphatic heterocycles. The Morgan fingerprint density at radius 2 is 1.76 bits per heavy atom. The van der Waals surface area contributed by atoms with Crippen LogP contribution in [0.3, 0.4) is 0 Å². The highest BCUT2D eigenvalue weighted by molar-refractivity contribution is 4.89. The van der Waals surface area contributed by atoms with E-state index in [9.17, 15) is 0 Å². The molecule has 1 aliphatic carbocycles. The van der Waals surface area contributed by atoms with Crippen LogP contribution < -0.4 is 5.32 Å². The molecule has 3 unspecified atom stereocenters. The predicted molar refractivity (Wildman–Crippen MR) is 86.7 cm³/mol. The largest absolute Gasteiger partial charge is 0.382 e. The average Bonchev–Trinajstić information content (AvgIpc) is 2.43. The van der Waals surface area contributed by atoms with E-state index in [1.807, 2.05) is 0 Å². The van der Waals surface area contributed by atoms with Crippen LogP contribution >= 0.6 is 0 Å². The molecule has 3 atom stereocenters. The van der Waals surface area contributed by atoms with E-state index in [-0.39, 0.29) is 0 Å². The SMILES string of the molecule is CCNC1CCC(C(C)(C)C)CC1OCCOCCOC. The van der Waals surface area contributed by atoms with E-state index >= 15 is 0 Å². The van der Waals surface area contributed by atoms with Gasteiger partial charge in [-0.1, -0.05) is 27.7 Å². The van der Waals surface area contributed by atoms with Gasteiger partial charge < -0.3 is 19.5 Å². The van der Waals surface area contributed by atoms with Gasteiger partial charge in [0.05, 0.1) is 32.5 Å². The number of methoxy groups -OCH3 is 1. The van der Waals surface area contributed by atoms with Crippen molar-refractivity contribution in [2.24, 2.45) is 11.3 Å². The first kappa shape index (κ1) is 18.9. The van der Waals surface area contributed by atoms with Crippen molar-refractivity contribution in [3.63, 3.8) is 0 Å². The molecule has 0 radical (unpaired) electrons. The Morgan fingerprint density at radius 3 is 2.38 bits per heavy atom. The minimum absolute atomic E-state index is 0.314. The van der Waals surface area contributed by atoms with Gasteiger partial charge in [0.2, 0.25) is 0 Å². The van der Waals surface area contributed by atoms with Crippen LogP contribution in [0.25, 0.3) is 0 Å². The molecular weight excluding hydrogens is 266 g/mol. The molecule has 0 heterocycles. The summed E-state index contributed by atoms with van der Waals surface area (Å²) in [6.45, 7) is 12.8. The van der Waals surface area contributed by atoms with E-state index in [1.165, 1.54) is 12.8 Å². The van der Waals surface area contributed by atoms with Gasteiger partial charge in [-0.3, -0.25) is 0 Å². The first-order valence-electron chi connectivity index (χ1n) is 8.40. The third kappa shape index (κ3) is 7.09. The number of nitrogens with one attached hydrogen (secondary N) is 1. The van der Waals surface area contributed by atoms with Crippen molar-refractivity contribution in [2.75, 3.05) is 40.1 Å². The topological polar surface area (TPSA) is 39.7 Å². The van der Waals surface area contributed by atoms with E-state index in [2.05, 4.69) is 33.0 Å². The monoisotopic (exact) mass is 301 g/mol. The van der Waals surface area contributed by atoms with E-state index in [0.717, 1.165) is 18.9 Å². The van der Waals surface area contributed by atoms with Gasteiger partial charge >= 0.3 is 0 Å². The van der Waals surface area contributed by atoms with Crippen molar-refractivity contribution in [1.82, 2.24) is 5.32 Å². The molecule has 1 fully saturated rings. The lowest BCUT2D eigenvalue weighted by molar-refractivity contribution is -0.0515. The van der Waals surface area contributed by atoms with Crippen LogP contribution in [0.4, 0.5) is 0 Å². The normalized spacial score (nSPS) is 27.0. The summed E-state index contributed by atoms with van der Waals surface area (Å²) in [6.07, 6.45) is 3.98. The fraction of sp³-hybridized carbons (Fsp3) is 1.00. The summed E-state index contributed by atoms with van der Waals surface area (Å²) in [5.41, 5.74) is 0.369. The van der Waals surface area contributed by atoms with E-state index in [4.69, 9.17) is 14.2 Å². The van der Waals surface area contributed by atoms with Crippen molar-refractivity contribution in [3.05, 3.63) is 0 Å². The van der Waals surface area contributed by atoms with Crippen LogP contribution in [0, 0.1) is 11.3 Å². The van der Waals surface area contributed by atoms with Crippen LogP contribution in [0.15, 0.2) is 0 Å². The molecule has 4 nitrogen and oxygen atoms in total. The molecule has 0 saturated heterocycles. The molecular formula is C17H35NO3. The van der Waals surface area contributed by atoms with Gasteiger partial charge in [-0.05, 0) is 37.1 Å². The molecule has 1 saturated carbocycles. The maximum atomic E-state index is 6.13. The lowest BCUT2D eigenvalue weighted by Crippen LogP contribution is -2.47.